The van der Waals surface area contributed by atoms with Crippen molar-refractivity contribution in [3.63, 3.8) is 0 Å². The molecule has 0 saturated heterocycles. The number of aromatic amines is 1. The molecule has 1 aromatic heterocycles. The highest BCUT2D eigenvalue weighted by Gasteiger charge is 2.26. The molecule has 4 aromatic rings. The van der Waals surface area contributed by atoms with E-state index in [1.807, 2.05) is 31.2 Å². The lowest BCUT2D eigenvalue weighted by atomic mass is 9.99. The van der Waals surface area contributed by atoms with Gasteiger partial charge >= 0.3 is 0 Å². The Bertz CT molecular complexity index is 1330. The summed E-state index contributed by atoms with van der Waals surface area (Å²) in [7, 11) is -3.89. The zero-order chi connectivity index (χ0) is 21.3. The molecular formula is C22H19N3O4S. The quantitative estimate of drug-likeness (QED) is 0.354. The Balaban J connectivity index is 1.85. The van der Waals surface area contributed by atoms with E-state index in [0.717, 1.165) is 16.5 Å². The van der Waals surface area contributed by atoms with E-state index in [0.29, 0.717) is 11.1 Å². The summed E-state index contributed by atoms with van der Waals surface area (Å²) in [5.41, 5.74) is 2.84. The smallest absolute Gasteiger partial charge is 0.269 e. The molecule has 3 aromatic carbocycles. The lowest BCUT2D eigenvalue weighted by Gasteiger charge is -2.19. The fourth-order valence-corrected chi connectivity index (χ4v) is 4.61. The third-order valence-electron chi connectivity index (χ3n) is 4.95. The van der Waals surface area contributed by atoms with Crippen LogP contribution in [-0.2, 0) is 10.0 Å². The summed E-state index contributed by atoms with van der Waals surface area (Å²) in [6.45, 7) is 1.88. The number of H-pyrrole nitrogens is 1. The molecular weight excluding hydrogens is 402 g/mol. The number of benzene rings is 3. The normalized spacial score (nSPS) is 12.7. The van der Waals surface area contributed by atoms with Crippen LogP contribution in [0.5, 0.6) is 0 Å². The van der Waals surface area contributed by atoms with Gasteiger partial charge in [0, 0.05) is 29.2 Å². The first-order valence-electron chi connectivity index (χ1n) is 9.24. The number of hydrogen-bond donors (Lipinski definition) is 2. The molecule has 0 amide bonds. The van der Waals surface area contributed by atoms with Crippen LogP contribution in [0.1, 0.15) is 22.7 Å². The molecule has 4 rings (SSSR count). The maximum Gasteiger partial charge on any atom is 0.269 e. The van der Waals surface area contributed by atoms with Crippen LogP contribution >= 0.6 is 0 Å². The van der Waals surface area contributed by atoms with Crippen molar-refractivity contribution in [3.8, 4) is 0 Å². The number of para-hydroxylation sites is 1. The van der Waals surface area contributed by atoms with Crippen molar-refractivity contribution >= 4 is 26.6 Å². The lowest BCUT2D eigenvalue weighted by molar-refractivity contribution is -0.384. The van der Waals surface area contributed by atoms with Gasteiger partial charge in [-0.05, 0) is 36.2 Å². The second-order valence-corrected chi connectivity index (χ2v) is 8.72. The minimum Gasteiger partial charge on any atom is -0.361 e. The van der Waals surface area contributed by atoms with Crippen LogP contribution in [0.3, 0.4) is 0 Å². The molecule has 152 valence electrons. The van der Waals surface area contributed by atoms with E-state index >= 15 is 0 Å². The predicted molar refractivity (Wildman–Crippen MR) is 115 cm³/mol. The van der Waals surface area contributed by atoms with Crippen LogP contribution in [0.4, 0.5) is 5.69 Å². The molecule has 0 saturated carbocycles. The monoisotopic (exact) mass is 421 g/mol. The number of nitro benzene ring substituents is 1. The Hall–Kier alpha value is -3.49. The third kappa shape index (κ3) is 3.83. The average Bonchev–Trinajstić information content (AvgIpc) is 3.16. The summed E-state index contributed by atoms with van der Waals surface area (Å²) >= 11 is 0. The van der Waals surface area contributed by atoms with Crippen LogP contribution in [0.15, 0.2) is 83.9 Å². The first kappa shape index (κ1) is 19.8. The lowest BCUT2D eigenvalue weighted by Crippen LogP contribution is -2.29. The van der Waals surface area contributed by atoms with E-state index in [9.17, 15) is 18.5 Å². The first-order chi connectivity index (χ1) is 14.3. The van der Waals surface area contributed by atoms with Gasteiger partial charge in [-0.25, -0.2) is 8.42 Å². The van der Waals surface area contributed by atoms with Gasteiger partial charge in [-0.15, -0.1) is 0 Å². The summed E-state index contributed by atoms with van der Waals surface area (Å²) in [5.74, 6) is 0. The van der Waals surface area contributed by atoms with Crippen molar-refractivity contribution in [1.29, 1.82) is 0 Å². The van der Waals surface area contributed by atoms with Crippen molar-refractivity contribution < 1.29 is 13.3 Å². The van der Waals surface area contributed by atoms with Crippen molar-refractivity contribution in [1.82, 2.24) is 9.71 Å². The van der Waals surface area contributed by atoms with E-state index in [2.05, 4.69) is 9.71 Å². The average molecular weight is 421 g/mol. The maximum atomic E-state index is 13.1. The summed E-state index contributed by atoms with van der Waals surface area (Å²) in [5, 5.41) is 12.1. The largest absolute Gasteiger partial charge is 0.361 e. The minimum absolute atomic E-state index is 0.105. The van der Waals surface area contributed by atoms with Gasteiger partial charge in [0.15, 0.2) is 0 Å². The molecule has 0 radical (unpaired) electrons. The van der Waals surface area contributed by atoms with Gasteiger partial charge in [0.05, 0.1) is 15.9 Å². The molecule has 0 aliphatic carbocycles. The Kier molecular flexibility index (Phi) is 5.11. The molecule has 0 spiro atoms. The number of sulfonamides is 1. The first-order valence-corrected chi connectivity index (χ1v) is 10.7. The fourth-order valence-electron chi connectivity index (χ4n) is 3.40. The van der Waals surface area contributed by atoms with Crippen molar-refractivity contribution in [2.24, 2.45) is 0 Å². The molecule has 7 nitrogen and oxygen atoms in total. The van der Waals surface area contributed by atoms with Gasteiger partial charge in [0.1, 0.15) is 0 Å². The van der Waals surface area contributed by atoms with Gasteiger partial charge in [-0.3, -0.25) is 10.1 Å². The molecule has 2 N–H and O–H groups in total. The Morgan fingerprint density at radius 3 is 2.47 bits per heavy atom. The second kappa shape index (κ2) is 7.74. The summed E-state index contributed by atoms with van der Waals surface area (Å²) < 4.78 is 29.0. The summed E-state index contributed by atoms with van der Waals surface area (Å²) in [6, 6.07) is 19.2. The van der Waals surface area contributed by atoms with Crippen LogP contribution < -0.4 is 4.72 Å². The van der Waals surface area contributed by atoms with E-state index in [4.69, 9.17) is 0 Å². The molecule has 1 atom stereocenters. The van der Waals surface area contributed by atoms with Gasteiger partial charge in [0.25, 0.3) is 5.69 Å². The number of non-ortho nitro benzene ring substituents is 1. The second-order valence-electron chi connectivity index (χ2n) is 7.01. The maximum absolute atomic E-state index is 13.1. The molecule has 0 aliphatic heterocycles. The number of nitro groups is 1. The molecule has 0 bridgehead atoms. The van der Waals surface area contributed by atoms with E-state index in [-0.39, 0.29) is 10.6 Å². The van der Waals surface area contributed by atoms with Gasteiger partial charge < -0.3 is 4.98 Å². The highest BCUT2D eigenvalue weighted by Crippen LogP contribution is 2.32. The third-order valence-corrected chi connectivity index (χ3v) is 6.39. The van der Waals surface area contributed by atoms with Crippen LogP contribution in [-0.4, -0.2) is 18.3 Å². The number of nitrogens with zero attached hydrogens (tertiary/aromatic N) is 1. The number of nitrogens with one attached hydrogen (secondary N) is 2. The molecule has 0 fully saturated rings. The predicted octanol–water partition coefficient (Wildman–Crippen LogP) is 4.45. The van der Waals surface area contributed by atoms with Crippen LogP contribution in [0, 0.1) is 17.0 Å². The topological polar surface area (TPSA) is 105 Å². The van der Waals surface area contributed by atoms with E-state index < -0.39 is 21.0 Å². The zero-order valence-corrected chi connectivity index (χ0v) is 16.9. The minimum atomic E-state index is -3.89. The highest BCUT2D eigenvalue weighted by atomic mass is 32.2. The molecule has 30 heavy (non-hydrogen) atoms. The van der Waals surface area contributed by atoms with Gasteiger partial charge in [-0.1, -0.05) is 48.0 Å². The standard InChI is InChI=1S/C22H19N3O4S/c1-15-9-11-18(12-10-15)30(28,29)24-22(16-5-4-6-17(13-16)25(26)27)20-14-23-21-8-3-2-7-19(20)21/h2-14,22-24H,1H3. The Morgan fingerprint density at radius 2 is 1.73 bits per heavy atom. The van der Waals surface area contributed by atoms with Crippen LogP contribution in [0.25, 0.3) is 10.9 Å². The van der Waals surface area contributed by atoms with E-state index in [1.54, 1.807) is 30.5 Å². The van der Waals surface area contributed by atoms with Crippen LogP contribution in [0.2, 0.25) is 0 Å². The number of fused-ring (bicyclic) bond motifs is 1. The van der Waals surface area contributed by atoms with E-state index in [1.165, 1.54) is 24.3 Å². The van der Waals surface area contributed by atoms with Crippen molar-refractivity contribution in [2.75, 3.05) is 0 Å². The Morgan fingerprint density at radius 1 is 1.00 bits per heavy atom. The molecule has 1 heterocycles. The van der Waals surface area contributed by atoms with Crippen molar-refractivity contribution in [2.45, 2.75) is 17.9 Å². The number of hydrogen-bond acceptors (Lipinski definition) is 4. The number of rotatable bonds is 6. The molecule has 0 aliphatic rings. The molecule has 8 heteroatoms. The summed E-state index contributed by atoms with van der Waals surface area (Å²) in [4.78, 5) is 14.0. The van der Waals surface area contributed by atoms with Crippen molar-refractivity contribution in [3.05, 3.63) is 106 Å². The highest BCUT2D eigenvalue weighted by molar-refractivity contribution is 7.89. The number of aromatic nitrogens is 1. The SMILES string of the molecule is Cc1ccc(S(=O)(=O)NC(c2cccc([N+](=O)[O-])c2)c2c[nH]c3ccccc23)cc1. The van der Waals surface area contributed by atoms with Gasteiger partial charge in [0.2, 0.25) is 10.0 Å². The fraction of sp³-hybridized carbons (Fsp3) is 0.0909. The summed E-state index contributed by atoms with van der Waals surface area (Å²) in [6.07, 6.45) is 1.73. The zero-order valence-electron chi connectivity index (χ0n) is 16.1. The Labute approximate surface area is 173 Å². The van der Waals surface area contributed by atoms with Gasteiger partial charge in [-0.2, -0.15) is 4.72 Å². The molecule has 1 unspecified atom stereocenters. The number of aryl methyl sites for hydroxylation is 1.